The normalized spacial score (nSPS) is 12.3. The van der Waals surface area contributed by atoms with E-state index in [4.69, 9.17) is 5.26 Å². The Morgan fingerprint density at radius 1 is 1.33 bits per heavy atom. The molecule has 73 valence electrons. The topological polar surface area (TPSA) is 23.8 Å². The van der Waals surface area contributed by atoms with Crippen LogP contribution in [-0.4, -0.2) is 0 Å². The molecule has 1 nitrogen and oxygen atoms in total. The lowest BCUT2D eigenvalue weighted by Crippen LogP contribution is -1.93. The van der Waals surface area contributed by atoms with Crippen molar-refractivity contribution in [3.8, 4) is 6.07 Å². The van der Waals surface area contributed by atoms with Crippen molar-refractivity contribution in [1.82, 2.24) is 0 Å². The van der Waals surface area contributed by atoms with Crippen LogP contribution in [0.3, 0.4) is 0 Å². The van der Waals surface area contributed by atoms with Gasteiger partial charge in [0.05, 0.1) is 6.07 Å². The summed E-state index contributed by atoms with van der Waals surface area (Å²) in [6.45, 7) is 2.07. The van der Waals surface area contributed by atoms with Gasteiger partial charge < -0.3 is 0 Å². The monoisotopic (exact) mass is 194 g/mol. The summed E-state index contributed by atoms with van der Waals surface area (Å²) in [5.41, 5.74) is 1.15. The molecule has 0 aliphatic rings. The van der Waals surface area contributed by atoms with Crippen LogP contribution < -0.4 is 0 Å². The zero-order chi connectivity index (χ0) is 10.7. The Morgan fingerprint density at radius 3 is 2.93 bits per heavy atom. The molecule has 0 N–H and O–H groups in total. The third-order valence-electron chi connectivity index (χ3n) is 2.64. The zero-order valence-electron chi connectivity index (χ0n) is 8.70. The molecule has 2 aromatic carbocycles. The van der Waals surface area contributed by atoms with Crippen LogP contribution in [0.2, 0.25) is 0 Å². The van der Waals surface area contributed by atoms with Gasteiger partial charge in [0.15, 0.2) is 0 Å². The van der Waals surface area contributed by atoms with Gasteiger partial charge in [-0.3, -0.25) is 0 Å². The third kappa shape index (κ3) is 1.85. The Hall–Kier alpha value is -1.81. The van der Waals surface area contributed by atoms with E-state index in [1.54, 1.807) is 0 Å². The largest absolute Gasteiger partial charge is 0.198 e. The second-order valence-corrected chi connectivity index (χ2v) is 3.74. The third-order valence-corrected chi connectivity index (χ3v) is 2.64. The van der Waals surface area contributed by atoms with Gasteiger partial charge >= 0.3 is 0 Å². The van der Waals surface area contributed by atoms with Crippen molar-refractivity contribution >= 4 is 10.8 Å². The molecule has 0 aromatic heterocycles. The molecule has 2 rings (SSSR count). The molecule has 15 heavy (non-hydrogen) atoms. The average Bonchev–Trinajstić information content (AvgIpc) is 2.28. The lowest BCUT2D eigenvalue weighted by molar-refractivity contribution is 0.795. The van der Waals surface area contributed by atoms with Crippen LogP contribution in [0.1, 0.15) is 24.8 Å². The average molecular weight is 194 g/mol. The van der Waals surface area contributed by atoms with Crippen molar-refractivity contribution in [3.05, 3.63) is 48.0 Å². The van der Waals surface area contributed by atoms with Crippen LogP contribution in [0.5, 0.6) is 0 Å². The summed E-state index contributed by atoms with van der Waals surface area (Å²) in [6.07, 6.45) is 0.546. The zero-order valence-corrected chi connectivity index (χ0v) is 8.70. The first kappa shape index (κ1) is 9.73. The molecule has 0 bridgehead atoms. The van der Waals surface area contributed by atoms with Crippen molar-refractivity contribution in [1.29, 1.82) is 5.26 Å². The molecule has 0 amide bonds. The van der Waals surface area contributed by atoms with E-state index < -0.39 is 0 Å². The minimum Gasteiger partial charge on any atom is -0.198 e. The number of hydrogen-bond acceptors (Lipinski definition) is 1. The molecular weight excluding hydrogens is 182 g/mol. The van der Waals surface area contributed by atoms with Gasteiger partial charge in [0.25, 0.3) is 0 Å². The van der Waals surface area contributed by atoms with E-state index in [1.807, 2.05) is 18.2 Å². The van der Waals surface area contributed by atoms with Crippen molar-refractivity contribution in [3.63, 3.8) is 0 Å². The molecule has 1 heteroatoms. The summed E-state index contributed by atoms with van der Waals surface area (Å²) >= 11 is 0. The Bertz CT molecular complexity index is 503. The van der Waals surface area contributed by atoms with Gasteiger partial charge in [0.1, 0.15) is 0 Å². The van der Waals surface area contributed by atoms with Crippen molar-refractivity contribution in [2.75, 3.05) is 0 Å². The van der Waals surface area contributed by atoms with Gasteiger partial charge in [-0.2, -0.15) is 5.26 Å². The second-order valence-electron chi connectivity index (χ2n) is 3.74. The Labute approximate surface area is 90.0 Å². The fourth-order valence-corrected chi connectivity index (χ4v) is 1.83. The maximum absolute atomic E-state index is 8.71. The Morgan fingerprint density at radius 2 is 2.13 bits per heavy atom. The standard InChI is InChI=1S/C14H12N/c1-11(9-10-15)13-8-4-6-12-5-2-3-7-14(12)13/h2-7,11H,9H2,1H3. The number of nitrogens with zero attached hydrogens (tertiary/aromatic N) is 1. The minimum atomic E-state index is 0.251. The van der Waals surface area contributed by atoms with Crippen molar-refractivity contribution in [2.24, 2.45) is 0 Å². The highest BCUT2D eigenvalue weighted by Crippen LogP contribution is 2.26. The van der Waals surface area contributed by atoms with Crippen LogP contribution in [0, 0.1) is 17.4 Å². The molecule has 0 aliphatic heterocycles. The molecule has 0 fully saturated rings. The molecule has 0 heterocycles. The summed E-state index contributed by atoms with van der Waals surface area (Å²) < 4.78 is 0. The summed E-state index contributed by atoms with van der Waals surface area (Å²) in [5.74, 6) is 0.251. The fraction of sp³-hybridized carbons (Fsp3) is 0.214. The molecular formula is C14H12N. The number of benzene rings is 2. The van der Waals surface area contributed by atoms with E-state index in [0.717, 1.165) is 5.56 Å². The van der Waals surface area contributed by atoms with E-state index in [1.165, 1.54) is 10.8 Å². The van der Waals surface area contributed by atoms with Crippen LogP contribution in [0.25, 0.3) is 10.8 Å². The molecule has 0 aliphatic carbocycles. The first-order valence-electron chi connectivity index (χ1n) is 5.09. The molecule has 2 aromatic rings. The van der Waals surface area contributed by atoms with E-state index in [-0.39, 0.29) is 5.92 Å². The smallest absolute Gasteiger partial charge is 0.0628 e. The summed E-state index contributed by atoms with van der Waals surface area (Å²) in [4.78, 5) is 0. The molecule has 0 spiro atoms. The van der Waals surface area contributed by atoms with Gasteiger partial charge in [-0.25, -0.2) is 0 Å². The quantitative estimate of drug-likeness (QED) is 0.715. The van der Waals surface area contributed by atoms with Crippen molar-refractivity contribution < 1.29 is 0 Å². The second kappa shape index (κ2) is 4.14. The Balaban J connectivity index is 2.56. The predicted molar refractivity (Wildman–Crippen MR) is 61.4 cm³/mol. The van der Waals surface area contributed by atoms with Gasteiger partial charge in [0.2, 0.25) is 0 Å². The highest BCUT2D eigenvalue weighted by atomic mass is 14.2. The maximum Gasteiger partial charge on any atom is 0.0628 e. The molecule has 1 atom stereocenters. The summed E-state index contributed by atoms with van der Waals surface area (Å²) in [7, 11) is 0. The fourth-order valence-electron chi connectivity index (χ4n) is 1.83. The lowest BCUT2D eigenvalue weighted by atomic mass is 9.93. The first-order chi connectivity index (χ1) is 7.33. The SMILES string of the molecule is CC(CC#N)c1[c]ccc2ccccc12. The van der Waals surface area contributed by atoms with Crippen molar-refractivity contribution in [2.45, 2.75) is 19.3 Å². The van der Waals surface area contributed by atoms with Gasteiger partial charge in [-0.15, -0.1) is 0 Å². The van der Waals surface area contributed by atoms with E-state index >= 15 is 0 Å². The van der Waals surface area contributed by atoms with Gasteiger partial charge in [-0.05, 0) is 28.3 Å². The maximum atomic E-state index is 8.71. The Kier molecular flexibility index (Phi) is 2.69. The summed E-state index contributed by atoms with van der Waals surface area (Å²) in [5, 5.41) is 11.1. The number of rotatable bonds is 2. The number of hydrogen-bond donors (Lipinski definition) is 0. The van der Waals surface area contributed by atoms with Gasteiger partial charge in [-0.1, -0.05) is 43.3 Å². The number of fused-ring (bicyclic) bond motifs is 1. The first-order valence-corrected chi connectivity index (χ1v) is 5.09. The molecule has 1 radical (unpaired) electrons. The molecule has 0 saturated carbocycles. The highest BCUT2D eigenvalue weighted by Gasteiger charge is 2.08. The van der Waals surface area contributed by atoms with Crippen LogP contribution in [0.4, 0.5) is 0 Å². The number of nitriles is 1. The van der Waals surface area contributed by atoms with Crippen LogP contribution >= 0.6 is 0 Å². The van der Waals surface area contributed by atoms with Gasteiger partial charge in [0, 0.05) is 6.42 Å². The predicted octanol–water partition coefficient (Wildman–Crippen LogP) is 3.66. The summed E-state index contributed by atoms with van der Waals surface area (Å²) in [6, 6.07) is 17.7. The van der Waals surface area contributed by atoms with E-state index in [0.29, 0.717) is 6.42 Å². The van der Waals surface area contributed by atoms with E-state index in [9.17, 15) is 0 Å². The van der Waals surface area contributed by atoms with Crippen LogP contribution in [0.15, 0.2) is 36.4 Å². The lowest BCUT2D eigenvalue weighted by Gasteiger charge is -2.10. The molecule has 0 saturated heterocycles. The minimum absolute atomic E-state index is 0.251. The highest BCUT2D eigenvalue weighted by molar-refractivity contribution is 5.85. The van der Waals surface area contributed by atoms with Crippen LogP contribution in [-0.2, 0) is 0 Å². The molecule has 1 unspecified atom stereocenters. The van der Waals surface area contributed by atoms with E-state index in [2.05, 4.69) is 37.3 Å².